The Labute approximate surface area is 129 Å². The number of ketones is 1. The van der Waals surface area contributed by atoms with E-state index in [4.69, 9.17) is 23.2 Å². The molecule has 1 saturated carbocycles. The van der Waals surface area contributed by atoms with E-state index in [1.165, 1.54) is 12.8 Å². The van der Waals surface area contributed by atoms with E-state index >= 15 is 0 Å². The number of aryl methyl sites for hydroxylation is 1. The van der Waals surface area contributed by atoms with Crippen LogP contribution in [0.1, 0.15) is 54.4 Å². The molecular formula is C16H18Cl2O2. The summed E-state index contributed by atoms with van der Waals surface area (Å²) in [5, 5.41) is 10.1. The van der Waals surface area contributed by atoms with Gasteiger partial charge in [-0.1, -0.05) is 36.0 Å². The fourth-order valence-corrected chi connectivity index (χ4v) is 4.23. The number of carbonyl (C=O) groups is 1. The molecule has 0 amide bonds. The molecule has 0 radical (unpaired) electrons. The second kappa shape index (κ2) is 5.57. The molecule has 2 aliphatic rings. The average molecular weight is 313 g/mol. The molecule has 0 heterocycles. The third kappa shape index (κ3) is 2.33. The van der Waals surface area contributed by atoms with Gasteiger partial charge in [0.05, 0.1) is 5.02 Å². The van der Waals surface area contributed by atoms with Gasteiger partial charge in [0.15, 0.2) is 5.78 Å². The maximum Gasteiger partial charge on any atom is 0.168 e. The van der Waals surface area contributed by atoms with Crippen molar-refractivity contribution >= 4 is 29.0 Å². The van der Waals surface area contributed by atoms with Crippen LogP contribution in [0.5, 0.6) is 5.75 Å². The minimum atomic E-state index is -0.0254. The molecule has 0 saturated heterocycles. The molecule has 1 unspecified atom stereocenters. The zero-order chi connectivity index (χ0) is 14.3. The molecule has 108 valence electrons. The molecule has 4 heteroatoms. The first kappa shape index (κ1) is 14.2. The Bertz CT molecular complexity index is 548. The van der Waals surface area contributed by atoms with E-state index in [0.29, 0.717) is 11.5 Å². The summed E-state index contributed by atoms with van der Waals surface area (Å²) in [6, 6.07) is 1.61. The van der Waals surface area contributed by atoms with Crippen LogP contribution >= 0.6 is 23.2 Å². The summed E-state index contributed by atoms with van der Waals surface area (Å²) in [6.45, 7) is 0. The molecule has 1 atom stereocenters. The largest absolute Gasteiger partial charge is 0.506 e. The van der Waals surface area contributed by atoms with E-state index in [1.807, 2.05) is 0 Å². The first-order valence-electron chi connectivity index (χ1n) is 7.33. The fraction of sp³-hybridized carbons (Fsp3) is 0.562. The number of benzene rings is 1. The lowest BCUT2D eigenvalue weighted by molar-refractivity contribution is 0.0867. The minimum Gasteiger partial charge on any atom is -0.506 e. The third-order valence-corrected chi connectivity index (χ3v) is 5.64. The highest BCUT2D eigenvalue weighted by Crippen LogP contribution is 2.43. The van der Waals surface area contributed by atoms with Crippen LogP contribution in [0.2, 0.25) is 10.0 Å². The maximum absolute atomic E-state index is 12.9. The standard InChI is InChI=1S/C16H18Cl2O2/c17-14-12(19)8-10-6-3-7-11(9-4-1-2-5-9)16(20)13(10)15(14)18/h8-9,11,19H,1-7H2. The summed E-state index contributed by atoms with van der Waals surface area (Å²) in [6.07, 6.45) is 7.43. The van der Waals surface area contributed by atoms with Crippen LogP contribution in [0.25, 0.3) is 0 Å². The van der Waals surface area contributed by atoms with Crippen molar-refractivity contribution in [3.8, 4) is 5.75 Å². The monoisotopic (exact) mass is 312 g/mol. The molecule has 2 aliphatic carbocycles. The van der Waals surface area contributed by atoms with Crippen molar-refractivity contribution in [3.05, 3.63) is 27.2 Å². The number of Topliss-reactive ketones (excluding diaryl/α,β-unsaturated/α-hetero) is 1. The molecule has 1 aromatic rings. The van der Waals surface area contributed by atoms with Crippen LogP contribution < -0.4 is 0 Å². The van der Waals surface area contributed by atoms with Gasteiger partial charge in [0, 0.05) is 11.5 Å². The summed E-state index contributed by atoms with van der Waals surface area (Å²) in [4.78, 5) is 12.9. The molecular weight excluding hydrogens is 295 g/mol. The SMILES string of the molecule is O=C1c2c(cc(O)c(Cl)c2Cl)CCCC1C1CCCC1. The number of halogens is 2. The zero-order valence-electron chi connectivity index (χ0n) is 11.3. The minimum absolute atomic E-state index is 0.0254. The van der Waals surface area contributed by atoms with Gasteiger partial charge in [0.25, 0.3) is 0 Å². The lowest BCUT2D eigenvalue weighted by atomic mass is 9.83. The molecule has 20 heavy (non-hydrogen) atoms. The molecule has 1 fully saturated rings. The number of hydrogen-bond acceptors (Lipinski definition) is 2. The normalized spacial score (nSPS) is 23.7. The highest BCUT2D eigenvalue weighted by atomic mass is 35.5. The van der Waals surface area contributed by atoms with Gasteiger partial charge in [-0.15, -0.1) is 0 Å². The lowest BCUT2D eigenvalue weighted by Crippen LogP contribution is -2.22. The van der Waals surface area contributed by atoms with Crippen LogP contribution in [0, 0.1) is 11.8 Å². The van der Waals surface area contributed by atoms with Crippen molar-refractivity contribution in [1.82, 2.24) is 0 Å². The van der Waals surface area contributed by atoms with Gasteiger partial charge >= 0.3 is 0 Å². The Morgan fingerprint density at radius 1 is 1.05 bits per heavy atom. The molecule has 0 bridgehead atoms. The third-order valence-electron chi connectivity index (χ3n) is 4.78. The van der Waals surface area contributed by atoms with Crippen molar-refractivity contribution in [2.45, 2.75) is 44.9 Å². The first-order chi connectivity index (χ1) is 9.59. The number of aromatic hydroxyl groups is 1. The van der Waals surface area contributed by atoms with E-state index in [9.17, 15) is 9.90 Å². The van der Waals surface area contributed by atoms with Gasteiger partial charge in [0.1, 0.15) is 10.8 Å². The Morgan fingerprint density at radius 2 is 1.75 bits per heavy atom. The topological polar surface area (TPSA) is 37.3 Å². The number of fused-ring (bicyclic) bond motifs is 1. The number of rotatable bonds is 1. The number of hydrogen-bond donors (Lipinski definition) is 1. The molecule has 0 aliphatic heterocycles. The summed E-state index contributed by atoms with van der Waals surface area (Å²) < 4.78 is 0. The molecule has 2 nitrogen and oxygen atoms in total. The molecule has 1 aromatic carbocycles. The highest BCUT2D eigenvalue weighted by molar-refractivity contribution is 6.45. The van der Waals surface area contributed by atoms with E-state index in [2.05, 4.69) is 0 Å². The van der Waals surface area contributed by atoms with Crippen LogP contribution in [-0.4, -0.2) is 10.9 Å². The van der Waals surface area contributed by atoms with Crippen molar-refractivity contribution in [1.29, 1.82) is 0 Å². The average Bonchev–Trinajstić information content (AvgIpc) is 2.89. The molecule has 0 aromatic heterocycles. The Kier molecular flexibility index (Phi) is 3.96. The van der Waals surface area contributed by atoms with E-state index in [-0.39, 0.29) is 27.5 Å². The molecule has 3 rings (SSSR count). The first-order valence-corrected chi connectivity index (χ1v) is 8.09. The second-order valence-corrected chi connectivity index (χ2v) is 6.72. The summed E-state index contributed by atoms with van der Waals surface area (Å²) in [5.74, 6) is 0.688. The number of phenolic OH excluding ortho intramolecular Hbond substituents is 1. The predicted octanol–water partition coefficient (Wildman–Crippen LogP) is 5.02. The quantitative estimate of drug-likeness (QED) is 0.739. The molecule has 1 N–H and O–H groups in total. The summed E-state index contributed by atoms with van der Waals surface area (Å²) in [7, 11) is 0. The van der Waals surface area contributed by atoms with Crippen molar-refractivity contribution < 1.29 is 9.90 Å². The summed E-state index contributed by atoms with van der Waals surface area (Å²) >= 11 is 12.2. The van der Waals surface area contributed by atoms with Crippen molar-refractivity contribution in [3.63, 3.8) is 0 Å². The van der Waals surface area contributed by atoms with E-state index in [0.717, 1.165) is 37.7 Å². The smallest absolute Gasteiger partial charge is 0.168 e. The highest BCUT2D eigenvalue weighted by Gasteiger charge is 2.35. The van der Waals surface area contributed by atoms with Crippen LogP contribution in [0.15, 0.2) is 6.07 Å². The van der Waals surface area contributed by atoms with Gasteiger partial charge in [-0.2, -0.15) is 0 Å². The van der Waals surface area contributed by atoms with E-state index in [1.54, 1.807) is 6.07 Å². The fourth-order valence-electron chi connectivity index (χ4n) is 3.77. The number of carbonyl (C=O) groups excluding carboxylic acids is 1. The molecule has 0 spiro atoms. The van der Waals surface area contributed by atoms with Crippen LogP contribution in [0.4, 0.5) is 0 Å². The van der Waals surface area contributed by atoms with E-state index < -0.39 is 0 Å². The van der Waals surface area contributed by atoms with Gasteiger partial charge in [-0.25, -0.2) is 0 Å². The second-order valence-electron chi connectivity index (χ2n) is 5.97. The van der Waals surface area contributed by atoms with Crippen molar-refractivity contribution in [2.75, 3.05) is 0 Å². The van der Waals surface area contributed by atoms with Crippen LogP contribution in [0.3, 0.4) is 0 Å². The van der Waals surface area contributed by atoms with Gasteiger partial charge in [0.2, 0.25) is 0 Å². The Balaban J connectivity index is 2.04. The van der Waals surface area contributed by atoms with Gasteiger partial charge in [-0.3, -0.25) is 4.79 Å². The lowest BCUT2D eigenvalue weighted by Gasteiger charge is -2.21. The Morgan fingerprint density at radius 3 is 2.45 bits per heavy atom. The zero-order valence-corrected chi connectivity index (χ0v) is 12.8. The van der Waals surface area contributed by atoms with Crippen molar-refractivity contribution in [2.24, 2.45) is 11.8 Å². The summed E-state index contributed by atoms with van der Waals surface area (Å²) in [5.41, 5.74) is 1.41. The number of phenols is 1. The maximum atomic E-state index is 12.9. The van der Waals surface area contributed by atoms with Gasteiger partial charge < -0.3 is 5.11 Å². The van der Waals surface area contributed by atoms with Crippen LogP contribution in [-0.2, 0) is 6.42 Å². The van der Waals surface area contributed by atoms with Gasteiger partial charge in [-0.05, 0) is 49.7 Å². The Hall–Kier alpha value is -0.730. The predicted molar refractivity (Wildman–Crippen MR) is 80.8 cm³/mol.